The molecule has 0 aliphatic rings. The van der Waals surface area contributed by atoms with Crippen molar-refractivity contribution < 1.29 is 9.13 Å². The molecule has 0 aromatic heterocycles. The molecule has 0 heterocycles. The number of ether oxygens (including phenoxy) is 1. The first kappa shape index (κ1) is 11.9. The molecule has 0 spiro atoms. The van der Waals surface area contributed by atoms with Crippen molar-refractivity contribution in [1.82, 2.24) is 0 Å². The van der Waals surface area contributed by atoms with Gasteiger partial charge in [-0.15, -0.1) is 0 Å². The quantitative estimate of drug-likeness (QED) is 0.725. The zero-order valence-corrected chi connectivity index (χ0v) is 9.82. The molecule has 0 saturated heterocycles. The summed E-state index contributed by atoms with van der Waals surface area (Å²) in [7, 11) is 1.75. The third kappa shape index (κ3) is 3.43. The summed E-state index contributed by atoms with van der Waals surface area (Å²) in [4.78, 5) is 0. The van der Waals surface area contributed by atoms with Gasteiger partial charge in [0.2, 0.25) is 0 Å². The second-order valence-electron chi connectivity index (χ2n) is 4.06. The summed E-state index contributed by atoms with van der Waals surface area (Å²) in [5.74, 6) is -0.175. The molecular formula is C14H14BFO. The van der Waals surface area contributed by atoms with Crippen molar-refractivity contribution >= 4 is 13.3 Å². The predicted octanol–water partition coefficient (Wildman–Crippen LogP) is 1.80. The van der Waals surface area contributed by atoms with E-state index in [9.17, 15) is 4.39 Å². The molecule has 0 aliphatic heterocycles. The van der Waals surface area contributed by atoms with Gasteiger partial charge in [0.05, 0.1) is 13.2 Å². The van der Waals surface area contributed by atoms with Crippen LogP contribution in [0.4, 0.5) is 4.39 Å². The number of halogens is 1. The third-order valence-electron chi connectivity index (χ3n) is 2.62. The molecule has 2 aromatic rings. The van der Waals surface area contributed by atoms with Crippen molar-refractivity contribution in [3.63, 3.8) is 0 Å². The second kappa shape index (κ2) is 5.64. The van der Waals surface area contributed by atoms with E-state index in [1.165, 1.54) is 6.07 Å². The largest absolute Gasteiger partial charge is 0.372 e. The van der Waals surface area contributed by atoms with Crippen LogP contribution in [0.2, 0.25) is 0 Å². The maximum atomic E-state index is 13.3. The fraction of sp³-hybridized carbons (Fsp3) is 0.143. The molecule has 0 radical (unpaired) electrons. The van der Waals surface area contributed by atoms with E-state index < -0.39 is 0 Å². The van der Waals surface area contributed by atoms with Gasteiger partial charge in [-0.2, -0.15) is 0 Å². The minimum absolute atomic E-state index is 0.175. The highest BCUT2D eigenvalue weighted by molar-refractivity contribution is 6.32. The Morgan fingerprint density at radius 1 is 0.941 bits per heavy atom. The van der Waals surface area contributed by atoms with Crippen LogP contribution in [0.25, 0.3) is 0 Å². The summed E-state index contributed by atoms with van der Waals surface area (Å²) >= 11 is 0. The normalized spacial score (nSPS) is 10.4. The minimum atomic E-state index is -0.175. The molecule has 0 fully saturated rings. The van der Waals surface area contributed by atoms with E-state index >= 15 is 0 Å². The molecular weight excluding hydrogens is 214 g/mol. The van der Waals surface area contributed by atoms with E-state index in [4.69, 9.17) is 4.74 Å². The van der Waals surface area contributed by atoms with Gasteiger partial charge in [-0.25, -0.2) is 4.39 Å². The molecule has 0 N–H and O–H groups in total. The molecule has 0 atom stereocenters. The van der Waals surface area contributed by atoms with Gasteiger partial charge in [-0.3, -0.25) is 0 Å². The Morgan fingerprint density at radius 2 is 1.65 bits per heavy atom. The summed E-state index contributed by atoms with van der Waals surface area (Å²) < 4.78 is 18.8. The third-order valence-corrected chi connectivity index (χ3v) is 2.62. The van der Waals surface area contributed by atoms with Crippen molar-refractivity contribution in [2.75, 3.05) is 0 Å². The first-order valence-corrected chi connectivity index (χ1v) is 5.62. The number of hydrogen-bond donors (Lipinski definition) is 0. The molecule has 17 heavy (non-hydrogen) atoms. The van der Waals surface area contributed by atoms with Gasteiger partial charge in [0.15, 0.2) is 0 Å². The van der Waals surface area contributed by atoms with Crippen LogP contribution in [0.3, 0.4) is 0 Å². The lowest BCUT2D eigenvalue weighted by atomic mass is 9.94. The molecule has 2 aromatic carbocycles. The Hall–Kier alpha value is -1.61. The van der Waals surface area contributed by atoms with Gasteiger partial charge in [-0.05, 0) is 17.2 Å². The molecule has 2 rings (SSSR count). The minimum Gasteiger partial charge on any atom is -0.372 e. The van der Waals surface area contributed by atoms with Crippen LogP contribution in [0.1, 0.15) is 11.1 Å². The maximum Gasteiger partial charge on any atom is 0.143 e. The molecule has 0 bridgehead atoms. The van der Waals surface area contributed by atoms with E-state index in [0.29, 0.717) is 18.7 Å². The van der Waals surface area contributed by atoms with Crippen molar-refractivity contribution in [2.24, 2.45) is 0 Å². The summed E-state index contributed by atoms with van der Waals surface area (Å²) in [5.41, 5.74) is 2.65. The van der Waals surface area contributed by atoms with E-state index in [1.807, 2.05) is 36.4 Å². The Balaban J connectivity index is 1.88. The second-order valence-corrected chi connectivity index (χ2v) is 4.06. The van der Waals surface area contributed by atoms with Crippen LogP contribution in [-0.2, 0) is 18.0 Å². The standard InChI is InChI=1S/C14H14BFO/c15-13-7-6-12(8-14(13)16)10-17-9-11-4-2-1-3-5-11/h1-8H,9-10,15H2. The summed E-state index contributed by atoms with van der Waals surface area (Å²) in [6.45, 7) is 0.989. The predicted molar refractivity (Wildman–Crippen MR) is 69.5 cm³/mol. The van der Waals surface area contributed by atoms with Gasteiger partial charge in [0, 0.05) is 0 Å². The van der Waals surface area contributed by atoms with Crippen LogP contribution in [0.5, 0.6) is 0 Å². The lowest BCUT2D eigenvalue weighted by Gasteiger charge is -2.05. The molecule has 1 nitrogen and oxygen atoms in total. The highest BCUT2D eigenvalue weighted by atomic mass is 19.1. The lowest BCUT2D eigenvalue weighted by molar-refractivity contribution is 0.107. The van der Waals surface area contributed by atoms with Gasteiger partial charge < -0.3 is 4.74 Å². The van der Waals surface area contributed by atoms with E-state index in [1.54, 1.807) is 13.9 Å². The van der Waals surface area contributed by atoms with Crippen LogP contribution < -0.4 is 5.46 Å². The Labute approximate surface area is 102 Å². The van der Waals surface area contributed by atoms with E-state index in [-0.39, 0.29) is 5.82 Å². The first-order chi connectivity index (χ1) is 8.25. The fourth-order valence-electron chi connectivity index (χ4n) is 1.59. The highest BCUT2D eigenvalue weighted by Crippen LogP contribution is 2.06. The van der Waals surface area contributed by atoms with Crippen LogP contribution >= 0.6 is 0 Å². The molecule has 0 amide bonds. The zero-order valence-electron chi connectivity index (χ0n) is 9.82. The summed E-state index contributed by atoms with van der Waals surface area (Å²) in [6.07, 6.45) is 0. The molecule has 0 saturated carbocycles. The number of rotatable bonds is 4. The van der Waals surface area contributed by atoms with Crippen molar-refractivity contribution in [2.45, 2.75) is 13.2 Å². The number of benzene rings is 2. The zero-order chi connectivity index (χ0) is 12.1. The van der Waals surface area contributed by atoms with Crippen LogP contribution in [0.15, 0.2) is 48.5 Å². The van der Waals surface area contributed by atoms with E-state index in [0.717, 1.165) is 11.1 Å². The van der Waals surface area contributed by atoms with Gasteiger partial charge in [-0.1, -0.05) is 47.9 Å². The molecule has 86 valence electrons. The average molecular weight is 228 g/mol. The summed E-state index contributed by atoms with van der Waals surface area (Å²) in [5, 5.41) is 0. The molecule has 3 heteroatoms. The number of hydrogen-bond acceptors (Lipinski definition) is 1. The Bertz CT molecular complexity index is 485. The monoisotopic (exact) mass is 228 g/mol. The average Bonchev–Trinajstić information content (AvgIpc) is 2.35. The highest BCUT2D eigenvalue weighted by Gasteiger charge is 1.99. The molecule has 0 aliphatic carbocycles. The van der Waals surface area contributed by atoms with Crippen molar-refractivity contribution in [1.29, 1.82) is 0 Å². The maximum absolute atomic E-state index is 13.3. The van der Waals surface area contributed by atoms with Crippen LogP contribution in [-0.4, -0.2) is 7.85 Å². The fourth-order valence-corrected chi connectivity index (χ4v) is 1.59. The van der Waals surface area contributed by atoms with Crippen molar-refractivity contribution in [3.05, 3.63) is 65.5 Å². The topological polar surface area (TPSA) is 9.23 Å². The lowest BCUT2D eigenvalue weighted by Crippen LogP contribution is -2.08. The van der Waals surface area contributed by atoms with Crippen molar-refractivity contribution in [3.8, 4) is 0 Å². The Kier molecular flexibility index (Phi) is 3.94. The van der Waals surface area contributed by atoms with Gasteiger partial charge in [0.1, 0.15) is 13.7 Å². The van der Waals surface area contributed by atoms with E-state index in [2.05, 4.69) is 0 Å². The van der Waals surface area contributed by atoms with Gasteiger partial charge >= 0.3 is 0 Å². The van der Waals surface area contributed by atoms with Crippen LogP contribution in [0, 0.1) is 5.82 Å². The first-order valence-electron chi connectivity index (χ1n) is 5.62. The molecule has 0 unspecified atom stereocenters. The SMILES string of the molecule is Bc1ccc(COCc2ccccc2)cc1F. The smallest absolute Gasteiger partial charge is 0.143 e. The van der Waals surface area contributed by atoms with Gasteiger partial charge in [0.25, 0.3) is 0 Å². The Morgan fingerprint density at radius 3 is 2.35 bits per heavy atom. The summed E-state index contributed by atoms with van der Waals surface area (Å²) in [6, 6.07) is 15.1.